The van der Waals surface area contributed by atoms with Gasteiger partial charge >= 0.3 is 5.97 Å². The van der Waals surface area contributed by atoms with E-state index in [1.165, 1.54) is 37.0 Å². The molecule has 0 N–H and O–H groups in total. The lowest BCUT2D eigenvalue weighted by atomic mass is 9.95. The van der Waals surface area contributed by atoms with Crippen LogP contribution in [0.4, 0.5) is 0 Å². The lowest BCUT2D eigenvalue weighted by molar-refractivity contribution is -0.155. The van der Waals surface area contributed by atoms with E-state index in [9.17, 15) is 9.59 Å². The van der Waals surface area contributed by atoms with Crippen LogP contribution < -0.4 is 0 Å². The average molecular weight is 348 g/mol. The van der Waals surface area contributed by atoms with Crippen LogP contribution in [0, 0.1) is 13.8 Å². The Labute approximate surface area is 151 Å². The summed E-state index contributed by atoms with van der Waals surface area (Å²) in [6.07, 6.45) is 6.17. The number of ether oxygens (including phenoxy) is 1. The summed E-state index contributed by atoms with van der Waals surface area (Å²) in [4.78, 5) is 26.3. The van der Waals surface area contributed by atoms with Crippen LogP contribution in [-0.4, -0.2) is 40.5 Å². The Balaban J connectivity index is 2.12. The van der Waals surface area contributed by atoms with Gasteiger partial charge in [0, 0.05) is 24.5 Å². The zero-order valence-corrected chi connectivity index (χ0v) is 16.5. The van der Waals surface area contributed by atoms with Gasteiger partial charge in [-0.3, -0.25) is 9.59 Å². The summed E-state index contributed by atoms with van der Waals surface area (Å²) in [5, 5.41) is 0. The van der Waals surface area contributed by atoms with Gasteiger partial charge in [0.2, 0.25) is 0 Å². The molecule has 0 aliphatic heterocycles. The molecule has 1 heterocycles. The maximum atomic E-state index is 12.8. The largest absolute Gasteiger partial charge is 0.459 e. The van der Waals surface area contributed by atoms with Crippen molar-refractivity contribution in [1.29, 1.82) is 0 Å². The minimum atomic E-state index is -0.544. The molecule has 1 amide bonds. The minimum Gasteiger partial charge on any atom is -0.459 e. The third kappa shape index (κ3) is 4.86. The van der Waals surface area contributed by atoms with Crippen LogP contribution in [0.2, 0.25) is 0 Å². The average Bonchev–Trinajstić information content (AvgIpc) is 2.80. The lowest BCUT2D eigenvalue weighted by Crippen LogP contribution is -2.36. The summed E-state index contributed by atoms with van der Waals surface area (Å²) in [6, 6.07) is 2.45. The molecule has 0 radical (unpaired) electrons. The second-order valence-electron chi connectivity index (χ2n) is 8.19. The quantitative estimate of drug-likeness (QED) is 0.772. The predicted molar refractivity (Wildman–Crippen MR) is 98.8 cm³/mol. The molecule has 5 heteroatoms. The Bertz CT molecular complexity index is 634. The van der Waals surface area contributed by atoms with Crippen LogP contribution in [0.5, 0.6) is 0 Å². The summed E-state index contributed by atoms with van der Waals surface area (Å²) in [5.41, 5.74) is 2.27. The topological polar surface area (TPSA) is 51.5 Å². The van der Waals surface area contributed by atoms with Crippen molar-refractivity contribution in [2.45, 2.75) is 78.4 Å². The van der Waals surface area contributed by atoms with E-state index in [4.69, 9.17) is 4.74 Å². The van der Waals surface area contributed by atoms with Crippen LogP contribution in [0.3, 0.4) is 0 Å². The van der Waals surface area contributed by atoms with Crippen molar-refractivity contribution in [2.24, 2.45) is 0 Å². The maximum Gasteiger partial charge on any atom is 0.326 e. The number of carbonyl (C=O) groups is 2. The van der Waals surface area contributed by atoms with Crippen LogP contribution >= 0.6 is 0 Å². The number of aromatic nitrogens is 1. The molecule has 140 valence electrons. The second kappa shape index (κ2) is 7.63. The number of carbonyl (C=O) groups excluding carboxylic acids is 2. The Morgan fingerprint density at radius 1 is 1.20 bits per heavy atom. The fourth-order valence-corrected chi connectivity index (χ4v) is 3.74. The highest BCUT2D eigenvalue weighted by molar-refractivity contribution is 5.97. The number of amides is 1. The normalized spacial score (nSPS) is 15.9. The zero-order valence-electron chi connectivity index (χ0n) is 16.5. The van der Waals surface area contributed by atoms with Crippen molar-refractivity contribution in [3.05, 3.63) is 23.0 Å². The van der Waals surface area contributed by atoms with Crippen LogP contribution in [-0.2, 0) is 9.53 Å². The molecule has 1 aromatic heterocycles. The predicted octanol–water partition coefficient (Wildman–Crippen LogP) is 4.02. The van der Waals surface area contributed by atoms with Crippen molar-refractivity contribution in [1.82, 2.24) is 9.47 Å². The highest BCUT2D eigenvalue weighted by atomic mass is 16.6. The first kappa shape index (κ1) is 19.5. The molecule has 1 aromatic rings. The van der Waals surface area contributed by atoms with Gasteiger partial charge in [-0.05, 0) is 53.5 Å². The first-order valence-electron chi connectivity index (χ1n) is 9.26. The molecule has 2 rings (SSSR count). The SMILES string of the molecule is Cc1cc(C(=O)N(C)CC(=O)OC(C)(C)C)c(C)n1C1CCCCC1. The summed E-state index contributed by atoms with van der Waals surface area (Å²) >= 11 is 0. The molecule has 0 atom stereocenters. The molecule has 1 fully saturated rings. The van der Waals surface area contributed by atoms with Gasteiger partial charge in [-0.2, -0.15) is 0 Å². The molecule has 25 heavy (non-hydrogen) atoms. The Kier molecular flexibility index (Phi) is 5.96. The van der Waals surface area contributed by atoms with Gasteiger partial charge < -0.3 is 14.2 Å². The molecule has 1 aliphatic carbocycles. The van der Waals surface area contributed by atoms with E-state index in [1.54, 1.807) is 7.05 Å². The number of nitrogens with zero attached hydrogens (tertiary/aromatic N) is 2. The number of aryl methyl sites for hydroxylation is 1. The molecule has 0 unspecified atom stereocenters. The Hall–Kier alpha value is -1.78. The van der Waals surface area contributed by atoms with E-state index in [0.717, 1.165) is 11.4 Å². The summed E-state index contributed by atoms with van der Waals surface area (Å²) in [7, 11) is 1.65. The molecular weight excluding hydrogens is 316 g/mol. The Morgan fingerprint density at radius 3 is 2.36 bits per heavy atom. The number of esters is 1. The fourth-order valence-electron chi connectivity index (χ4n) is 3.74. The number of rotatable bonds is 4. The minimum absolute atomic E-state index is 0.0385. The summed E-state index contributed by atoms with van der Waals surface area (Å²) < 4.78 is 7.62. The van der Waals surface area contributed by atoms with Gasteiger partial charge in [-0.1, -0.05) is 19.3 Å². The summed E-state index contributed by atoms with van der Waals surface area (Å²) in [5.74, 6) is -0.509. The highest BCUT2D eigenvalue weighted by Gasteiger charge is 2.26. The van der Waals surface area contributed by atoms with E-state index in [2.05, 4.69) is 11.5 Å². The van der Waals surface area contributed by atoms with Gasteiger partial charge in [0.25, 0.3) is 5.91 Å². The summed E-state index contributed by atoms with van der Waals surface area (Å²) in [6.45, 7) is 9.51. The third-order valence-corrected chi connectivity index (χ3v) is 4.79. The monoisotopic (exact) mass is 348 g/mol. The smallest absolute Gasteiger partial charge is 0.326 e. The van der Waals surface area contributed by atoms with Crippen molar-refractivity contribution in [3.8, 4) is 0 Å². The lowest BCUT2D eigenvalue weighted by Gasteiger charge is -2.26. The number of hydrogen-bond acceptors (Lipinski definition) is 3. The van der Waals surface area contributed by atoms with Crippen molar-refractivity contribution in [3.63, 3.8) is 0 Å². The van der Waals surface area contributed by atoms with Gasteiger partial charge in [0.1, 0.15) is 12.1 Å². The van der Waals surface area contributed by atoms with E-state index < -0.39 is 5.60 Å². The molecule has 1 saturated carbocycles. The van der Waals surface area contributed by atoms with E-state index in [-0.39, 0.29) is 18.4 Å². The second-order valence-corrected chi connectivity index (χ2v) is 8.19. The zero-order chi connectivity index (χ0) is 18.8. The maximum absolute atomic E-state index is 12.8. The van der Waals surface area contributed by atoms with Gasteiger partial charge in [-0.15, -0.1) is 0 Å². The molecule has 0 spiro atoms. The first-order valence-corrected chi connectivity index (χ1v) is 9.26. The number of likely N-dealkylation sites (N-methyl/N-ethyl adjacent to an activating group) is 1. The van der Waals surface area contributed by atoms with Gasteiger partial charge in [-0.25, -0.2) is 0 Å². The highest BCUT2D eigenvalue weighted by Crippen LogP contribution is 2.32. The first-order chi connectivity index (χ1) is 11.6. The third-order valence-electron chi connectivity index (χ3n) is 4.79. The van der Waals surface area contributed by atoms with E-state index in [0.29, 0.717) is 11.6 Å². The number of hydrogen-bond donors (Lipinski definition) is 0. The van der Waals surface area contributed by atoms with Gasteiger partial charge in [0.15, 0.2) is 0 Å². The van der Waals surface area contributed by atoms with Crippen molar-refractivity contribution < 1.29 is 14.3 Å². The van der Waals surface area contributed by atoms with Crippen molar-refractivity contribution in [2.75, 3.05) is 13.6 Å². The standard InChI is InChI=1S/C20H32N2O3/c1-14-12-17(15(2)22(14)16-10-8-7-9-11-16)19(24)21(6)13-18(23)25-20(3,4)5/h12,16H,7-11,13H2,1-6H3. The van der Waals surface area contributed by atoms with E-state index in [1.807, 2.05) is 33.8 Å². The molecule has 5 nitrogen and oxygen atoms in total. The van der Waals surface area contributed by atoms with E-state index >= 15 is 0 Å². The molecule has 1 aliphatic rings. The van der Waals surface area contributed by atoms with Crippen LogP contribution in [0.15, 0.2) is 6.07 Å². The van der Waals surface area contributed by atoms with Crippen molar-refractivity contribution >= 4 is 11.9 Å². The molecule has 0 bridgehead atoms. The molecule has 0 saturated heterocycles. The fraction of sp³-hybridized carbons (Fsp3) is 0.700. The van der Waals surface area contributed by atoms with Crippen LogP contribution in [0.1, 0.15) is 80.7 Å². The van der Waals surface area contributed by atoms with Gasteiger partial charge in [0.05, 0.1) is 5.56 Å². The Morgan fingerprint density at radius 2 is 1.80 bits per heavy atom. The molecule has 0 aromatic carbocycles. The molecular formula is C20H32N2O3. The van der Waals surface area contributed by atoms with Crippen LogP contribution in [0.25, 0.3) is 0 Å².